The maximum absolute atomic E-state index is 11.9. The SMILES string of the molecule is CCOC(=O)CC(NCCC[Si]C(OCC)OCC)C(=O)OCC. The maximum Gasteiger partial charge on any atom is 0.323 e. The second-order valence-corrected chi connectivity index (χ2v) is 6.20. The molecule has 0 aromatic carbocycles. The van der Waals surface area contributed by atoms with E-state index in [1.54, 1.807) is 13.8 Å². The Morgan fingerprint density at radius 3 is 2.12 bits per heavy atom. The van der Waals surface area contributed by atoms with Crippen LogP contribution >= 0.6 is 0 Å². The van der Waals surface area contributed by atoms with Gasteiger partial charge in [-0.2, -0.15) is 0 Å². The average molecular weight is 362 g/mol. The highest BCUT2D eigenvalue weighted by molar-refractivity contribution is 6.36. The molecule has 140 valence electrons. The molecule has 1 N–H and O–H groups in total. The summed E-state index contributed by atoms with van der Waals surface area (Å²) in [6.07, 6.45) is 0.837. The minimum Gasteiger partial charge on any atom is -0.466 e. The summed E-state index contributed by atoms with van der Waals surface area (Å²) in [7, 11) is 0.539. The molecule has 8 heteroatoms. The highest BCUT2D eigenvalue weighted by Gasteiger charge is 2.23. The molecule has 0 bridgehead atoms. The van der Waals surface area contributed by atoms with Gasteiger partial charge in [-0.3, -0.25) is 9.59 Å². The lowest BCUT2D eigenvalue weighted by Crippen LogP contribution is -2.40. The Hall–Kier alpha value is -0.963. The van der Waals surface area contributed by atoms with Gasteiger partial charge in [0, 0.05) is 13.2 Å². The standard InChI is InChI=1S/C16H31NO6Si/c1-5-20-14(18)12-13(15(19)21-6-2)17-10-9-11-24-16(22-7-3)23-8-4/h13,16-17H,5-12H2,1-4H3. The minimum absolute atomic E-state index is 0.0184. The van der Waals surface area contributed by atoms with E-state index in [0.29, 0.717) is 35.9 Å². The van der Waals surface area contributed by atoms with Crippen molar-refractivity contribution < 1.29 is 28.5 Å². The predicted molar refractivity (Wildman–Crippen MR) is 91.9 cm³/mol. The molecule has 0 fully saturated rings. The highest BCUT2D eigenvalue weighted by atomic mass is 28.2. The van der Waals surface area contributed by atoms with Crippen molar-refractivity contribution in [1.29, 1.82) is 0 Å². The molecule has 0 aliphatic heterocycles. The first-order chi connectivity index (χ1) is 11.6. The molecule has 2 radical (unpaired) electrons. The summed E-state index contributed by atoms with van der Waals surface area (Å²) in [5.74, 6) is -0.979. The van der Waals surface area contributed by atoms with Gasteiger partial charge in [0.2, 0.25) is 0 Å². The van der Waals surface area contributed by atoms with Gasteiger partial charge in [0.1, 0.15) is 21.5 Å². The second kappa shape index (κ2) is 15.6. The van der Waals surface area contributed by atoms with Crippen LogP contribution < -0.4 is 5.32 Å². The largest absolute Gasteiger partial charge is 0.466 e. The van der Waals surface area contributed by atoms with Crippen molar-refractivity contribution >= 4 is 21.5 Å². The summed E-state index contributed by atoms with van der Waals surface area (Å²) in [4.78, 5) is 23.5. The van der Waals surface area contributed by atoms with Gasteiger partial charge in [0.05, 0.1) is 19.6 Å². The van der Waals surface area contributed by atoms with Crippen LogP contribution in [-0.2, 0) is 28.5 Å². The summed E-state index contributed by atoms with van der Waals surface area (Å²) in [6, 6.07) is 0.258. The Morgan fingerprint density at radius 2 is 1.58 bits per heavy atom. The van der Waals surface area contributed by atoms with E-state index >= 15 is 0 Å². The minimum atomic E-state index is -0.665. The summed E-state index contributed by atoms with van der Waals surface area (Å²) >= 11 is 0. The smallest absolute Gasteiger partial charge is 0.323 e. The zero-order valence-electron chi connectivity index (χ0n) is 15.3. The van der Waals surface area contributed by atoms with Crippen LogP contribution in [-0.4, -0.2) is 66.4 Å². The van der Waals surface area contributed by atoms with Crippen molar-refractivity contribution in [3.05, 3.63) is 0 Å². The molecule has 0 aliphatic rings. The van der Waals surface area contributed by atoms with Gasteiger partial charge in [-0.05, 0) is 40.7 Å². The Morgan fingerprint density at radius 1 is 0.958 bits per heavy atom. The molecule has 0 aromatic rings. The van der Waals surface area contributed by atoms with Gasteiger partial charge < -0.3 is 24.3 Å². The molecule has 0 amide bonds. The van der Waals surface area contributed by atoms with Gasteiger partial charge in [0.15, 0.2) is 0 Å². The molecule has 0 aromatic heterocycles. The van der Waals surface area contributed by atoms with Gasteiger partial charge in [0.25, 0.3) is 0 Å². The Kier molecular flexibility index (Phi) is 14.9. The average Bonchev–Trinajstić information content (AvgIpc) is 2.54. The zero-order valence-corrected chi connectivity index (χ0v) is 16.3. The van der Waals surface area contributed by atoms with E-state index in [2.05, 4.69) is 5.32 Å². The van der Waals surface area contributed by atoms with Crippen LogP contribution in [0.15, 0.2) is 0 Å². The van der Waals surface area contributed by atoms with Crippen molar-refractivity contribution in [3.8, 4) is 0 Å². The van der Waals surface area contributed by atoms with Crippen molar-refractivity contribution in [2.45, 2.75) is 58.5 Å². The lowest BCUT2D eigenvalue weighted by atomic mass is 10.2. The number of hydrogen-bond donors (Lipinski definition) is 1. The first kappa shape index (κ1) is 23.0. The Labute approximate surface area is 147 Å². The molecule has 1 atom stereocenters. The fourth-order valence-corrected chi connectivity index (χ4v) is 3.11. The van der Waals surface area contributed by atoms with Crippen LogP contribution in [0, 0.1) is 0 Å². The second-order valence-electron chi connectivity index (χ2n) is 4.82. The number of nitrogens with one attached hydrogen (secondary N) is 1. The molecule has 0 spiro atoms. The third-order valence-electron chi connectivity index (χ3n) is 2.94. The lowest BCUT2D eigenvalue weighted by molar-refractivity contribution is -0.152. The maximum atomic E-state index is 11.9. The molecule has 0 saturated heterocycles. The number of carbonyl (C=O) groups excluding carboxylic acids is 2. The van der Waals surface area contributed by atoms with Crippen molar-refractivity contribution in [3.63, 3.8) is 0 Å². The van der Waals surface area contributed by atoms with Gasteiger partial charge in [-0.1, -0.05) is 6.04 Å². The van der Waals surface area contributed by atoms with Crippen LogP contribution in [0.5, 0.6) is 0 Å². The number of rotatable bonds is 15. The monoisotopic (exact) mass is 361 g/mol. The lowest BCUT2D eigenvalue weighted by Gasteiger charge is -2.18. The molecular weight excluding hydrogens is 330 g/mol. The van der Waals surface area contributed by atoms with Crippen molar-refractivity contribution in [2.24, 2.45) is 0 Å². The third-order valence-corrected chi connectivity index (χ3v) is 4.25. The number of carbonyl (C=O) groups is 2. The fourth-order valence-electron chi connectivity index (χ4n) is 1.92. The van der Waals surface area contributed by atoms with E-state index < -0.39 is 18.0 Å². The summed E-state index contributed by atoms with van der Waals surface area (Å²) in [5.41, 5.74) is 0. The van der Waals surface area contributed by atoms with Gasteiger partial charge >= 0.3 is 11.9 Å². The van der Waals surface area contributed by atoms with E-state index in [1.165, 1.54) is 0 Å². The van der Waals surface area contributed by atoms with E-state index in [1.807, 2.05) is 13.8 Å². The van der Waals surface area contributed by atoms with E-state index in [4.69, 9.17) is 18.9 Å². The molecule has 7 nitrogen and oxygen atoms in total. The van der Waals surface area contributed by atoms with Gasteiger partial charge in [-0.15, -0.1) is 0 Å². The van der Waals surface area contributed by atoms with Crippen LogP contribution in [0.2, 0.25) is 6.04 Å². The number of ether oxygens (including phenoxy) is 4. The van der Waals surface area contributed by atoms with E-state index in [0.717, 1.165) is 12.5 Å². The van der Waals surface area contributed by atoms with Crippen molar-refractivity contribution in [1.82, 2.24) is 5.32 Å². The first-order valence-electron chi connectivity index (χ1n) is 8.61. The molecule has 0 saturated carbocycles. The molecular formula is C16H31NO6Si. The Bertz CT molecular complexity index is 337. The topological polar surface area (TPSA) is 83.1 Å². The van der Waals surface area contributed by atoms with E-state index in [9.17, 15) is 9.59 Å². The Balaban J connectivity index is 4.16. The van der Waals surface area contributed by atoms with E-state index in [-0.39, 0.29) is 18.9 Å². The number of esters is 2. The van der Waals surface area contributed by atoms with Crippen LogP contribution in [0.4, 0.5) is 0 Å². The first-order valence-corrected chi connectivity index (χ1v) is 9.89. The van der Waals surface area contributed by atoms with Crippen LogP contribution in [0.1, 0.15) is 40.5 Å². The fraction of sp³-hybridized carbons (Fsp3) is 0.875. The summed E-state index contributed by atoms with van der Waals surface area (Å²) in [6.45, 7) is 9.80. The summed E-state index contributed by atoms with van der Waals surface area (Å²) < 4.78 is 20.9. The van der Waals surface area contributed by atoms with Crippen LogP contribution in [0.25, 0.3) is 0 Å². The normalized spacial score (nSPS) is 12.2. The predicted octanol–water partition coefficient (Wildman–Crippen LogP) is 1.33. The molecule has 24 heavy (non-hydrogen) atoms. The molecule has 1 unspecified atom stereocenters. The molecule has 0 heterocycles. The quantitative estimate of drug-likeness (QED) is 0.204. The molecule has 0 aliphatic carbocycles. The molecule has 0 rings (SSSR count). The number of hydrogen-bond acceptors (Lipinski definition) is 7. The summed E-state index contributed by atoms with van der Waals surface area (Å²) in [5, 5.41) is 3.08. The van der Waals surface area contributed by atoms with Crippen LogP contribution in [0.3, 0.4) is 0 Å². The highest BCUT2D eigenvalue weighted by Crippen LogP contribution is 2.02. The van der Waals surface area contributed by atoms with Crippen molar-refractivity contribution in [2.75, 3.05) is 33.0 Å². The zero-order chi connectivity index (χ0) is 18.2. The third kappa shape index (κ3) is 11.6. The van der Waals surface area contributed by atoms with Gasteiger partial charge in [-0.25, -0.2) is 0 Å².